The zero-order valence-corrected chi connectivity index (χ0v) is 14.8. The highest BCUT2D eigenvalue weighted by Gasteiger charge is 2.29. The summed E-state index contributed by atoms with van der Waals surface area (Å²) in [5.41, 5.74) is 1.16. The van der Waals surface area contributed by atoms with E-state index < -0.39 is 0 Å². The van der Waals surface area contributed by atoms with E-state index in [1.165, 1.54) is 0 Å². The summed E-state index contributed by atoms with van der Waals surface area (Å²) < 4.78 is 1.61. The van der Waals surface area contributed by atoms with Crippen molar-refractivity contribution in [3.05, 3.63) is 41.7 Å². The quantitative estimate of drug-likeness (QED) is 0.706. The van der Waals surface area contributed by atoms with Gasteiger partial charge in [-0.25, -0.2) is 4.68 Å². The highest BCUT2D eigenvalue weighted by atomic mass is 32.2. The van der Waals surface area contributed by atoms with E-state index in [0.29, 0.717) is 12.4 Å². The van der Waals surface area contributed by atoms with Crippen molar-refractivity contribution in [1.29, 1.82) is 0 Å². The second-order valence-corrected chi connectivity index (χ2v) is 6.61. The van der Waals surface area contributed by atoms with E-state index in [9.17, 15) is 14.4 Å². The molecule has 0 radical (unpaired) electrons. The van der Waals surface area contributed by atoms with Crippen LogP contribution in [0, 0.1) is 0 Å². The first-order chi connectivity index (χ1) is 12.6. The van der Waals surface area contributed by atoms with Crippen LogP contribution >= 0.6 is 11.8 Å². The summed E-state index contributed by atoms with van der Waals surface area (Å²) in [6.07, 6.45) is 0.801. The number of hydrogen-bond acceptors (Lipinski definition) is 7. The number of thioether (sulfide) groups is 1. The van der Waals surface area contributed by atoms with Gasteiger partial charge >= 0.3 is 0 Å². The average Bonchev–Trinajstić information content (AvgIpc) is 3.21. The minimum Gasteiger partial charge on any atom is -0.354 e. The Morgan fingerprint density at radius 1 is 1.19 bits per heavy atom. The Labute approximate surface area is 154 Å². The number of aromatic nitrogens is 4. The Balaban J connectivity index is 1.45. The third kappa shape index (κ3) is 4.66. The van der Waals surface area contributed by atoms with E-state index in [1.54, 1.807) is 4.68 Å². The molecular weight excluding hydrogens is 356 g/mol. The number of imide groups is 1. The summed E-state index contributed by atoms with van der Waals surface area (Å²) in [6, 6.07) is 9.94. The molecule has 0 unspecified atom stereocenters. The fourth-order valence-corrected chi connectivity index (χ4v) is 3.27. The van der Waals surface area contributed by atoms with E-state index in [2.05, 4.69) is 20.8 Å². The predicted molar refractivity (Wildman–Crippen MR) is 94.2 cm³/mol. The van der Waals surface area contributed by atoms with Gasteiger partial charge in [0.2, 0.25) is 11.8 Å². The molecule has 3 amide bonds. The molecule has 1 aliphatic rings. The summed E-state index contributed by atoms with van der Waals surface area (Å²) >= 11 is 0.977. The number of amides is 3. The summed E-state index contributed by atoms with van der Waals surface area (Å²) in [5.74, 6) is 0.164. The first kappa shape index (κ1) is 18.1. The molecule has 10 heteroatoms. The maximum absolute atomic E-state index is 12.1. The second-order valence-electron chi connectivity index (χ2n) is 5.68. The molecule has 3 rings (SSSR count). The lowest BCUT2D eigenvalue weighted by Crippen LogP contribution is -2.38. The summed E-state index contributed by atoms with van der Waals surface area (Å²) in [5, 5.41) is 13.9. The number of nitrogens with one attached hydrogen (secondary N) is 1. The fourth-order valence-electron chi connectivity index (χ4n) is 2.51. The number of aryl methyl sites for hydroxylation is 2. The molecule has 9 nitrogen and oxygen atoms in total. The lowest BCUT2D eigenvalue weighted by atomic mass is 10.1. The molecule has 136 valence electrons. The van der Waals surface area contributed by atoms with E-state index in [-0.39, 0.29) is 42.3 Å². The zero-order chi connectivity index (χ0) is 18.4. The van der Waals surface area contributed by atoms with Gasteiger partial charge in [-0.1, -0.05) is 42.1 Å². The van der Waals surface area contributed by atoms with Crippen molar-refractivity contribution in [1.82, 2.24) is 30.4 Å². The Bertz CT molecular complexity index is 778. The van der Waals surface area contributed by atoms with E-state index in [4.69, 9.17) is 0 Å². The number of hydrogen-bond donors (Lipinski definition) is 1. The monoisotopic (exact) mass is 374 g/mol. The van der Waals surface area contributed by atoms with Gasteiger partial charge < -0.3 is 5.32 Å². The van der Waals surface area contributed by atoms with Crippen LogP contribution in [-0.2, 0) is 29.0 Å². The van der Waals surface area contributed by atoms with Crippen LogP contribution in [0.1, 0.15) is 11.4 Å². The minimum absolute atomic E-state index is 0.0401. The fraction of sp³-hybridized carbons (Fsp3) is 0.375. The van der Waals surface area contributed by atoms with Gasteiger partial charge in [0, 0.05) is 19.6 Å². The number of tetrazole rings is 1. The van der Waals surface area contributed by atoms with Crippen molar-refractivity contribution in [2.24, 2.45) is 0 Å². The highest BCUT2D eigenvalue weighted by molar-refractivity contribution is 8.14. The molecule has 1 fully saturated rings. The molecule has 2 heterocycles. The van der Waals surface area contributed by atoms with Gasteiger partial charge in [-0.15, -0.1) is 5.10 Å². The van der Waals surface area contributed by atoms with Crippen LogP contribution in [0.3, 0.4) is 0 Å². The van der Waals surface area contributed by atoms with E-state index >= 15 is 0 Å². The largest absolute Gasteiger partial charge is 0.354 e. The molecule has 0 aliphatic carbocycles. The number of rotatable bonds is 8. The van der Waals surface area contributed by atoms with Gasteiger partial charge in [-0.05, 0) is 22.4 Å². The van der Waals surface area contributed by atoms with Crippen LogP contribution in [-0.4, -0.2) is 61.0 Å². The molecule has 1 saturated heterocycles. The summed E-state index contributed by atoms with van der Waals surface area (Å²) in [6.45, 7) is 0.964. The molecule has 0 saturated carbocycles. The van der Waals surface area contributed by atoms with Gasteiger partial charge in [0.25, 0.3) is 5.24 Å². The third-order valence-electron chi connectivity index (χ3n) is 3.88. The van der Waals surface area contributed by atoms with Crippen molar-refractivity contribution < 1.29 is 14.4 Å². The molecule has 0 spiro atoms. The normalized spacial score (nSPS) is 14.1. The average molecular weight is 374 g/mol. The van der Waals surface area contributed by atoms with Crippen LogP contribution in [0.15, 0.2) is 30.3 Å². The standard InChI is InChI=1S/C16H18N6O3S/c23-14(17-7-9-21-15(24)11-26-16(21)25)10-13-18-19-20-22(13)8-6-12-4-2-1-3-5-12/h1-5H,6-11H2,(H,17,23). The number of nitrogens with zero attached hydrogens (tertiary/aromatic N) is 5. The van der Waals surface area contributed by atoms with E-state index in [1.807, 2.05) is 30.3 Å². The number of benzene rings is 1. The summed E-state index contributed by atoms with van der Waals surface area (Å²) in [4.78, 5) is 36.2. The lowest BCUT2D eigenvalue weighted by Gasteiger charge is -2.13. The van der Waals surface area contributed by atoms with Gasteiger partial charge in [0.1, 0.15) is 0 Å². The molecule has 1 aromatic heterocycles. The molecule has 1 N–H and O–H groups in total. The van der Waals surface area contributed by atoms with Crippen LogP contribution in [0.2, 0.25) is 0 Å². The molecule has 2 aromatic rings. The van der Waals surface area contributed by atoms with Crippen molar-refractivity contribution in [3.63, 3.8) is 0 Å². The third-order valence-corrected chi connectivity index (χ3v) is 4.74. The Hall–Kier alpha value is -2.75. The molecule has 0 bridgehead atoms. The maximum atomic E-state index is 12.1. The van der Waals surface area contributed by atoms with Crippen molar-refractivity contribution in [2.45, 2.75) is 19.4 Å². The molecule has 1 aliphatic heterocycles. The van der Waals surface area contributed by atoms with Gasteiger partial charge in [0.05, 0.1) is 12.2 Å². The Kier molecular flexibility index (Phi) is 5.95. The molecule has 0 atom stereocenters. The van der Waals surface area contributed by atoms with Crippen LogP contribution in [0.25, 0.3) is 0 Å². The van der Waals surface area contributed by atoms with Crippen molar-refractivity contribution in [2.75, 3.05) is 18.8 Å². The number of carbonyl (C=O) groups excluding carboxylic acids is 3. The Morgan fingerprint density at radius 2 is 2.00 bits per heavy atom. The lowest BCUT2D eigenvalue weighted by molar-refractivity contribution is -0.125. The number of carbonyl (C=O) groups is 3. The topological polar surface area (TPSA) is 110 Å². The van der Waals surface area contributed by atoms with Crippen LogP contribution in [0.5, 0.6) is 0 Å². The highest BCUT2D eigenvalue weighted by Crippen LogP contribution is 2.17. The predicted octanol–water partition coefficient (Wildman–Crippen LogP) is 0.270. The smallest absolute Gasteiger partial charge is 0.288 e. The van der Waals surface area contributed by atoms with Gasteiger partial charge in [0.15, 0.2) is 5.82 Å². The van der Waals surface area contributed by atoms with E-state index in [0.717, 1.165) is 28.6 Å². The maximum Gasteiger partial charge on any atom is 0.288 e. The van der Waals surface area contributed by atoms with Gasteiger partial charge in [-0.2, -0.15) is 0 Å². The summed E-state index contributed by atoms with van der Waals surface area (Å²) in [7, 11) is 0. The first-order valence-corrected chi connectivity index (χ1v) is 9.15. The molecule has 26 heavy (non-hydrogen) atoms. The molecular formula is C16H18N6O3S. The SMILES string of the molecule is O=C(Cc1nnnn1CCc1ccccc1)NCCN1C(=O)CSC1=O. The van der Waals surface area contributed by atoms with Crippen LogP contribution < -0.4 is 5.32 Å². The molecule has 1 aromatic carbocycles. The van der Waals surface area contributed by atoms with Gasteiger partial charge in [-0.3, -0.25) is 19.3 Å². The van der Waals surface area contributed by atoms with Crippen molar-refractivity contribution in [3.8, 4) is 0 Å². The Morgan fingerprint density at radius 3 is 2.73 bits per heavy atom. The first-order valence-electron chi connectivity index (χ1n) is 8.16. The zero-order valence-electron chi connectivity index (χ0n) is 14.0. The van der Waals surface area contributed by atoms with Crippen molar-refractivity contribution >= 4 is 28.8 Å². The second kappa shape index (κ2) is 8.56. The van der Waals surface area contributed by atoms with Crippen LogP contribution in [0.4, 0.5) is 4.79 Å². The minimum atomic E-state index is -0.269.